The molecule has 0 bridgehead atoms. The summed E-state index contributed by atoms with van der Waals surface area (Å²) < 4.78 is 15.9. The fraction of sp³-hybridized carbons (Fsp3) is 0.143. The number of hydrogen-bond donors (Lipinski definition) is 1. The average Bonchev–Trinajstić information content (AvgIpc) is 2.73. The second kappa shape index (κ2) is 8.51. The minimum Gasteiger partial charge on any atom is -0.495 e. The SMILES string of the molecule is COc1ccc(Nc2c(C#N)cncc2-c2ccc(OC)c(OC)c2)cc1Cl. The van der Waals surface area contributed by atoms with Gasteiger partial charge in [0.25, 0.3) is 0 Å². The molecule has 0 saturated carbocycles. The highest BCUT2D eigenvalue weighted by Gasteiger charge is 2.14. The predicted octanol–water partition coefficient (Wildman–Crippen LogP) is 5.04. The van der Waals surface area contributed by atoms with Crippen molar-refractivity contribution in [3.8, 4) is 34.4 Å². The van der Waals surface area contributed by atoms with Crippen LogP contribution in [0, 0.1) is 11.3 Å². The Hall–Kier alpha value is -3.43. The van der Waals surface area contributed by atoms with E-state index in [4.69, 9.17) is 25.8 Å². The molecule has 0 fully saturated rings. The maximum Gasteiger partial charge on any atom is 0.161 e. The summed E-state index contributed by atoms with van der Waals surface area (Å²) in [6.45, 7) is 0. The lowest BCUT2D eigenvalue weighted by atomic mass is 10.0. The van der Waals surface area contributed by atoms with Crippen LogP contribution < -0.4 is 19.5 Å². The van der Waals surface area contributed by atoms with Gasteiger partial charge in [0.1, 0.15) is 11.8 Å². The summed E-state index contributed by atoms with van der Waals surface area (Å²) >= 11 is 6.23. The van der Waals surface area contributed by atoms with Gasteiger partial charge in [0.05, 0.1) is 37.6 Å². The molecule has 1 heterocycles. The minimum absolute atomic E-state index is 0.402. The van der Waals surface area contributed by atoms with Crippen LogP contribution in [-0.2, 0) is 0 Å². The molecule has 0 amide bonds. The molecule has 1 N–H and O–H groups in total. The first-order valence-corrected chi connectivity index (χ1v) is 8.70. The summed E-state index contributed by atoms with van der Waals surface area (Å²) in [5.74, 6) is 1.77. The molecule has 0 radical (unpaired) electrons. The summed E-state index contributed by atoms with van der Waals surface area (Å²) in [4.78, 5) is 4.20. The number of aromatic nitrogens is 1. The highest BCUT2D eigenvalue weighted by atomic mass is 35.5. The summed E-state index contributed by atoms with van der Waals surface area (Å²) in [6, 6.07) is 13.0. The largest absolute Gasteiger partial charge is 0.495 e. The molecule has 7 heteroatoms. The summed E-state index contributed by atoms with van der Waals surface area (Å²) in [5.41, 5.74) is 3.30. The molecule has 28 heavy (non-hydrogen) atoms. The topological polar surface area (TPSA) is 76.4 Å². The smallest absolute Gasteiger partial charge is 0.161 e. The number of benzene rings is 2. The first-order chi connectivity index (χ1) is 13.6. The molecule has 0 spiro atoms. The maximum absolute atomic E-state index is 9.57. The number of methoxy groups -OCH3 is 3. The zero-order chi connectivity index (χ0) is 20.1. The van der Waals surface area contributed by atoms with E-state index in [0.29, 0.717) is 33.5 Å². The lowest BCUT2D eigenvalue weighted by molar-refractivity contribution is 0.355. The Morgan fingerprint density at radius 2 is 1.64 bits per heavy atom. The van der Waals surface area contributed by atoms with Gasteiger partial charge in [-0.1, -0.05) is 17.7 Å². The quantitative estimate of drug-likeness (QED) is 0.629. The zero-order valence-corrected chi connectivity index (χ0v) is 16.4. The third-order valence-corrected chi connectivity index (χ3v) is 4.48. The molecule has 0 aliphatic rings. The summed E-state index contributed by atoms with van der Waals surface area (Å²) in [6.07, 6.45) is 3.20. The Labute approximate surface area is 168 Å². The lowest BCUT2D eigenvalue weighted by Crippen LogP contribution is -1.99. The van der Waals surface area contributed by atoms with Crippen LogP contribution in [-0.4, -0.2) is 26.3 Å². The molecule has 0 saturated heterocycles. The van der Waals surface area contributed by atoms with Gasteiger partial charge in [0.2, 0.25) is 0 Å². The highest BCUT2D eigenvalue weighted by molar-refractivity contribution is 6.32. The van der Waals surface area contributed by atoms with Crippen LogP contribution in [0.5, 0.6) is 17.2 Å². The zero-order valence-electron chi connectivity index (χ0n) is 15.6. The molecular weight excluding hydrogens is 378 g/mol. The van der Waals surface area contributed by atoms with Crippen molar-refractivity contribution in [3.63, 3.8) is 0 Å². The van der Waals surface area contributed by atoms with Crippen molar-refractivity contribution in [2.24, 2.45) is 0 Å². The third kappa shape index (κ3) is 3.80. The first kappa shape index (κ1) is 19.3. The van der Waals surface area contributed by atoms with E-state index < -0.39 is 0 Å². The van der Waals surface area contributed by atoms with Gasteiger partial charge in [-0.05, 0) is 35.9 Å². The Balaban J connectivity index is 2.09. The molecule has 6 nitrogen and oxygen atoms in total. The number of nitriles is 1. The van der Waals surface area contributed by atoms with Crippen LogP contribution in [0.25, 0.3) is 11.1 Å². The Kier molecular flexibility index (Phi) is 5.87. The lowest BCUT2D eigenvalue weighted by Gasteiger charge is -2.16. The number of nitrogens with one attached hydrogen (secondary N) is 1. The van der Waals surface area contributed by atoms with Crippen molar-refractivity contribution in [2.45, 2.75) is 0 Å². The van der Waals surface area contributed by atoms with Gasteiger partial charge in [-0.25, -0.2) is 0 Å². The molecule has 0 unspecified atom stereocenters. The van der Waals surface area contributed by atoms with Gasteiger partial charge in [-0.2, -0.15) is 5.26 Å². The number of nitrogens with zero attached hydrogens (tertiary/aromatic N) is 2. The second-order valence-electron chi connectivity index (χ2n) is 5.77. The van der Waals surface area contributed by atoms with Crippen LogP contribution in [0.1, 0.15) is 5.56 Å². The first-order valence-electron chi connectivity index (χ1n) is 8.32. The highest BCUT2D eigenvalue weighted by Crippen LogP contribution is 2.38. The van der Waals surface area contributed by atoms with Crippen LogP contribution >= 0.6 is 11.6 Å². The Morgan fingerprint density at radius 3 is 2.29 bits per heavy atom. The summed E-state index contributed by atoms with van der Waals surface area (Å²) in [5, 5.41) is 13.3. The van der Waals surface area contributed by atoms with Gasteiger partial charge < -0.3 is 19.5 Å². The molecule has 3 aromatic rings. The average molecular weight is 396 g/mol. The Morgan fingerprint density at radius 1 is 0.929 bits per heavy atom. The van der Waals surface area contributed by atoms with Gasteiger partial charge in [0.15, 0.2) is 11.5 Å². The number of halogens is 1. The molecular formula is C21H18ClN3O3. The van der Waals surface area contributed by atoms with Gasteiger partial charge in [-0.15, -0.1) is 0 Å². The molecule has 2 aromatic carbocycles. The fourth-order valence-electron chi connectivity index (χ4n) is 2.79. The van der Waals surface area contributed by atoms with Crippen LogP contribution in [0.15, 0.2) is 48.8 Å². The van der Waals surface area contributed by atoms with Crippen molar-refractivity contribution in [1.82, 2.24) is 4.98 Å². The number of ether oxygens (including phenoxy) is 3. The minimum atomic E-state index is 0.402. The van der Waals surface area contributed by atoms with E-state index in [1.165, 1.54) is 6.20 Å². The molecule has 142 valence electrons. The van der Waals surface area contributed by atoms with Gasteiger partial charge in [-0.3, -0.25) is 4.98 Å². The molecule has 1 aromatic heterocycles. The van der Waals surface area contributed by atoms with Crippen LogP contribution in [0.3, 0.4) is 0 Å². The maximum atomic E-state index is 9.57. The van der Waals surface area contributed by atoms with E-state index in [1.54, 1.807) is 45.7 Å². The number of hydrogen-bond acceptors (Lipinski definition) is 6. The van der Waals surface area contributed by atoms with E-state index >= 15 is 0 Å². The van der Waals surface area contributed by atoms with E-state index in [-0.39, 0.29) is 0 Å². The Bertz CT molecular complexity index is 1050. The van der Waals surface area contributed by atoms with E-state index in [9.17, 15) is 5.26 Å². The van der Waals surface area contributed by atoms with Gasteiger partial charge >= 0.3 is 0 Å². The normalized spacial score (nSPS) is 10.1. The summed E-state index contributed by atoms with van der Waals surface area (Å²) in [7, 11) is 4.71. The van der Waals surface area contributed by atoms with Crippen LogP contribution in [0.2, 0.25) is 5.02 Å². The molecule has 0 aliphatic heterocycles. The van der Waals surface area contributed by atoms with Crippen molar-refractivity contribution < 1.29 is 14.2 Å². The van der Waals surface area contributed by atoms with Crippen molar-refractivity contribution in [2.75, 3.05) is 26.6 Å². The number of rotatable bonds is 6. The van der Waals surface area contributed by atoms with E-state index in [0.717, 1.165) is 16.8 Å². The van der Waals surface area contributed by atoms with E-state index in [1.807, 2.05) is 18.2 Å². The van der Waals surface area contributed by atoms with Crippen molar-refractivity contribution in [3.05, 3.63) is 59.4 Å². The fourth-order valence-corrected chi connectivity index (χ4v) is 3.05. The predicted molar refractivity (Wildman–Crippen MR) is 109 cm³/mol. The second-order valence-corrected chi connectivity index (χ2v) is 6.17. The standard InChI is InChI=1S/C21H18ClN3O3/c1-26-18-7-5-15(9-17(18)22)25-21-14(10-23)11-24-12-16(21)13-4-6-19(27-2)20(8-13)28-3/h4-9,11-12H,1-3H3,(H,24,25). The molecule has 0 aliphatic carbocycles. The third-order valence-electron chi connectivity index (χ3n) is 4.18. The van der Waals surface area contributed by atoms with Gasteiger partial charge in [0, 0.05) is 23.6 Å². The van der Waals surface area contributed by atoms with E-state index in [2.05, 4.69) is 16.4 Å². The van der Waals surface area contributed by atoms with Crippen molar-refractivity contribution >= 4 is 23.0 Å². The number of pyridine rings is 1. The van der Waals surface area contributed by atoms with Crippen molar-refractivity contribution in [1.29, 1.82) is 5.26 Å². The van der Waals surface area contributed by atoms with Crippen LogP contribution in [0.4, 0.5) is 11.4 Å². The molecule has 0 atom stereocenters. The number of anilines is 2. The molecule has 3 rings (SSSR count). The monoisotopic (exact) mass is 395 g/mol.